The number of aryl methyl sites for hydroxylation is 2. The number of likely N-dealkylation sites (tertiary alicyclic amines) is 1. The Hall–Kier alpha value is -3.00. The minimum Gasteiger partial charge on any atom is -0.295 e. The highest BCUT2D eigenvalue weighted by Crippen LogP contribution is 2.22. The third-order valence-electron chi connectivity index (χ3n) is 4.83. The Morgan fingerprint density at radius 2 is 2.15 bits per heavy atom. The number of nitrogens with zero attached hydrogens (tertiary/aromatic N) is 6. The number of benzene rings is 1. The van der Waals surface area contributed by atoms with Gasteiger partial charge in [0.15, 0.2) is 0 Å². The zero-order chi connectivity index (χ0) is 18.8. The van der Waals surface area contributed by atoms with Crippen LogP contribution in [0.4, 0.5) is 5.95 Å². The second-order valence-electron chi connectivity index (χ2n) is 6.82. The molecule has 1 aliphatic heterocycles. The summed E-state index contributed by atoms with van der Waals surface area (Å²) in [6.45, 7) is 4.76. The smallest absolute Gasteiger partial charge is 0.258 e. The van der Waals surface area contributed by atoms with Crippen molar-refractivity contribution in [2.24, 2.45) is 7.05 Å². The monoisotopic (exact) mass is 365 g/mol. The third-order valence-corrected chi connectivity index (χ3v) is 4.83. The molecule has 27 heavy (non-hydrogen) atoms. The number of rotatable bonds is 6. The van der Waals surface area contributed by atoms with E-state index in [2.05, 4.69) is 25.4 Å². The number of amides is 1. The van der Waals surface area contributed by atoms with Crippen LogP contribution < -0.4 is 5.32 Å². The van der Waals surface area contributed by atoms with Crippen molar-refractivity contribution in [3.8, 4) is 0 Å². The molecule has 0 unspecified atom stereocenters. The lowest BCUT2D eigenvalue weighted by molar-refractivity contribution is 0.0908. The van der Waals surface area contributed by atoms with Crippen LogP contribution in [-0.4, -0.2) is 48.4 Å². The van der Waals surface area contributed by atoms with Crippen LogP contribution in [0.1, 0.15) is 34.7 Å². The second-order valence-corrected chi connectivity index (χ2v) is 6.82. The molecule has 0 aliphatic carbocycles. The maximum atomic E-state index is 12.5. The maximum Gasteiger partial charge on any atom is 0.258 e. The summed E-state index contributed by atoms with van der Waals surface area (Å²) in [4.78, 5) is 19.2. The molecule has 1 saturated heterocycles. The summed E-state index contributed by atoms with van der Waals surface area (Å²) in [5.41, 5.74) is 1.73. The van der Waals surface area contributed by atoms with Crippen molar-refractivity contribution < 1.29 is 4.79 Å². The van der Waals surface area contributed by atoms with Crippen LogP contribution in [0.5, 0.6) is 0 Å². The van der Waals surface area contributed by atoms with Crippen LogP contribution in [0, 0.1) is 0 Å². The van der Waals surface area contributed by atoms with Gasteiger partial charge < -0.3 is 0 Å². The van der Waals surface area contributed by atoms with Crippen LogP contribution in [0.25, 0.3) is 0 Å². The van der Waals surface area contributed by atoms with Crippen LogP contribution in [0.3, 0.4) is 0 Å². The molecule has 140 valence electrons. The fourth-order valence-electron chi connectivity index (χ4n) is 3.36. The number of carbonyl (C=O) groups excluding carboxylic acids is 1. The van der Waals surface area contributed by atoms with E-state index in [9.17, 15) is 4.79 Å². The van der Waals surface area contributed by atoms with E-state index in [0.29, 0.717) is 17.6 Å². The van der Waals surface area contributed by atoms with E-state index >= 15 is 0 Å². The minimum atomic E-state index is -0.192. The van der Waals surface area contributed by atoms with Crippen molar-refractivity contribution in [3.05, 3.63) is 59.7 Å². The Bertz CT molecular complexity index is 925. The molecular weight excluding hydrogens is 342 g/mol. The van der Waals surface area contributed by atoms with Crippen molar-refractivity contribution in [1.29, 1.82) is 0 Å². The normalized spacial score (nSPS) is 14.9. The highest BCUT2D eigenvalue weighted by Gasteiger charge is 2.28. The minimum absolute atomic E-state index is 0.192. The molecule has 3 heterocycles. The van der Waals surface area contributed by atoms with Crippen LogP contribution in [0.15, 0.2) is 42.7 Å². The fourth-order valence-corrected chi connectivity index (χ4v) is 3.36. The lowest BCUT2D eigenvalue weighted by atomic mass is 10.1. The number of hydrogen-bond acceptors (Lipinski definition) is 5. The summed E-state index contributed by atoms with van der Waals surface area (Å²) >= 11 is 0. The Morgan fingerprint density at radius 3 is 2.85 bits per heavy atom. The van der Waals surface area contributed by atoms with Crippen molar-refractivity contribution in [2.45, 2.75) is 25.9 Å². The summed E-state index contributed by atoms with van der Waals surface area (Å²) in [5.74, 6) is 0.987. The first-order valence-electron chi connectivity index (χ1n) is 9.14. The first-order chi connectivity index (χ1) is 13.1. The third kappa shape index (κ3) is 3.75. The number of carbonyl (C=O) groups is 1. The maximum absolute atomic E-state index is 12.5. The van der Waals surface area contributed by atoms with Gasteiger partial charge in [0.25, 0.3) is 5.91 Å². The average molecular weight is 365 g/mol. The zero-order valence-corrected chi connectivity index (χ0v) is 15.5. The molecular formula is C19H23N7O. The molecule has 8 heteroatoms. The molecule has 0 atom stereocenters. The number of nitrogens with one attached hydrogen (secondary N) is 1. The summed E-state index contributed by atoms with van der Waals surface area (Å²) in [7, 11) is 1.83. The largest absolute Gasteiger partial charge is 0.295 e. The molecule has 1 N–H and O–H groups in total. The Balaban J connectivity index is 1.36. The van der Waals surface area contributed by atoms with Gasteiger partial charge in [-0.3, -0.25) is 24.4 Å². The molecule has 0 bridgehead atoms. The first-order valence-corrected chi connectivity index (χ1v) is 9.14. The van der Waals surface area contributed by atoms with Gasteiger partial charge in [0.2, 0.25) is 5.95 Å². The number of anilines is 1. The van der Waals surface area contributed by atoms with E-state index in [-0.39, 0.29) is 5.91 Å². The SMILES string of the molecule is CCc1nc(NC(=O)c2cccc(CN3CC(n4cccn4)C3)c2)nn1C. The van der Waals surface area contributed by atoms with Crippen molar-refractivity contribution in [1.82, 2.24) is 29.4 Å². The molecule has 1 aromatic carbocycles. The van der Waals surface area contributed by atoms with Gasteiger partial charge in [-0.15, -0.1) is 5.10 Å². The van der Waals surface area contributed by atoms with Gasteiger partial charge in [-0.25, -0.2) is 0 Å². The van der Waals surface area contributed by atoms with Crippen molar-refractivity contribution in [3.63, 3.8) is 0 Å². The molecule has 2 aromatic heterocycles. The van der Waals surface area contributed by atoms with Gasteiger partial charge in [0, 0.05) is 51.1 Å². The lowest BCUT2D eigenvalue weighted by Crippen LogP contribution is -2.47. The molecule has 0 spiro atoms. The summed E-state index contributed by atoms with van der Waals surface area (Å²) in [6.07, 6.45) is 4.58. The van der Waals surface area contributed by atoms with Gasteiger partial charge in [-0.2, -0.15) is 10.1 Å². The number of hydrogen-bond donors (Lipinski definition) is 1. The summed E-state index contributed by atoms with van der Waals surface area (Å²) < 4.78 is 3.69. The highest BCUT2D eigenvalue weighted by atomic mass is 16.1. The Labute approximate surface area is 157 Å². The molecule has 0 saturated carbocycles. The van der Waals surface area contributed by atoms with Crippen molar-refractivity contribution in [2.75, 3.05) is 18.4 Å². The lowest BCUT2D eigenvalue weighted by Gasteiger charge is -2.39. The van der Waals surface area contributed by atoms with Crippen LogP contribution in [-0.2, 0) is 20.0 Å². The molecule has 8 nitrogen and oxygen atoms in total. The van der Waals surface area contributed by atoms with Gasteiger partial charge in [-0.1, -0.05) is 19.1 Å². The quantitative estimate of drug-likeness (QED) is 0.721. The topological polar surface area (TPSA) is 80.9 Å². The predicted octanol–water partition coefficient (Wildman–Crippen LogP) is 1.88. The van der Waals surface area contributed by atoms with E-state index in [1.54, 1.807) is 4.68 Å². The molecule has 4 rings (SSSR count). The highest BCUT2D eigenvalue weighted by molar-refractivity contribution is 6.03. The Morgan fingerprint density at radius 1 is 1.30 bits per heavy atom. The van der Waals surface area contributed by atoms with E-state index < -0.39 is 0 Å². The van der Waals surface area contributed by atoms with E-state index in [1.165, 1.54) is 0 Å². The fraction of sp³-hybridized carbons (Fsp3) is 0.368. The molecule has 0 radical (unpaired) electrons. The van der Waals surface area contributed by atoms with Crippen LogP contribution >= 0.6 is 0 Å². The first kappa shape index (κ1) is 17.4. The number of aromatic nitrogens is 5. The van der Waals surface area contributed by atoms with Gasteiger partial charge in [0.1, 0.15) is 5.82 Å². The van der Waals surface area contributed by atoms with Gasteiger partial charge >= 0.3 is 0 Å². The zero-order valence-electron chi connectivity index (χ0n) is 15.5. The molecule has 3 aromatic rings. The molecule has 1 fully saturated rings. The molecule has 1 aliphatic rings. The second kappa shape index (κ2) is 7.32. The standard InChI is InChI=1S/C19H23N7O/c1-3-17-21-19(23-24(17)2)22-18(27)15-7-4-6-14(10-15)11-25-12-16(13-25)26-9-5-8-20-26/h4-10,16H,3,11-13H2,1-2H3,(H,22,23,27). The van der Waals surface area contributed by atoms with E-state index in [4.69, 9.17) is 0 Å². The van der Waals surface area contributed by atoms with E-state index in [1.807, 2.05) is 61.4 Å². The van der Waals surface area contributed by atoms with E-state index in [0.717, 1.165) is 37.4 Å². The molecule has 1 amide bonds. The Kier molecular flexibility index (Phi) is 4.72. The van der Waals surface area contributed by atoms with Gasteiger partial charge in [0.05, 0.1) is 6.04 Å². The van der Waals surface area contributed by atoms with Crippen LogP contribution in [0.2, 0.25) is 0 Å². The summed E-state index contributed by atoms with van der Waals surface area (Å²) in [5, 5.41) is 11.3. The average Bonchev–Trinajstić information content (AvgIpc) is 3.27. The van der Waals surface area contributed by atoms with Crippen molar-refractivity contribution >= 4 is 11.9 Å². The van der Waals surface area contributed by atoms with Gasteiger partial charge in [-0.05, 0) is 23.8 Å². The predicted molar refractivity (Wildman–Crippen MR) is 101 cm³/mol. The summed E-state index contributed by atoms with van der Waals surface area (Å²) in [6, 6.07) is 10.1.